The zero-order valence-electron chi connectivity index (χ0n) is 16.9. The standard InChI is InChI=1S/C24H23N3O3/c1-3-16(2)17-8-10-20(11-9-17)26-24(30)18(13-25)12-19-14-27(15-23(28)29)22-7-5-4-6-21(19)22/h4-12,14,16H,3,15H2,1-2H3,(H,26,30)(H,28,29). The van der Waals surface area contributed by atoms with Crippen LogP contribution in [0.2, 0.25) is 0 Å². The quantitative estimate of drug-likeness (QED) is 0.440. The third-order valence-corrected chi connectivity index (χ3v) is 5.14. The van der Waals surface area contributed by atoms with E-state index >= 15 is 0 Å². The number of hydrogen-bond acceptors (Lipinski definition) is 3. The number of carbonyl (C=O) groups is 2. The molecule has 1 aromatic heterocycles. The number of nitrogens with one attached hydrogen (secondary N) is 1. The smallest absolute Gasteiger partial charge is 0.323 e. The van der Waals surface area contributed by atoms with Gasteiger partial charge in [0, 0.05) is 28.4 Å². The molecule has 0 fully saturated rings. The molecule has 152 valence electrons. The summed E-state index contributed by atoms with van der Waals surface area (Å²) in [6, 6.07) is 16.8. The maximum atomic E-state index is 12.6. The summed E-state index contributed by atoms with van der Waals surface area (Å²) in [4.78, 5) is 23.8. The van der Waals surface area contributed by atoms with Gasteiger partial charge >= 0.3 is 5.97 Å². The summed E-state index contributed by atoms with van der Waals surface area (Å²) in [7, 11) is 0. The zero-order chi connectivity index (χ0) is 21.7. The number of carboxylic acids is 1. The van der Waals surface area contributed by atoms with Crippen LogP contribution in [0.25, 0.3) is 17.0 Å². The lowest BCUT2D eigenvalue weighted by Gasteiger charge is -2.10. The second-order valence-corrected chi connectivity index (χ2v) is 7.18. The number of aliphatic carboxylic acids is 1. The molecule has 0 aliphatic heterocycles. The Morgan fingerprint density at radius 1 is 1.20 bits per heavy atom. The predicted molar refractivity (Wildman–Crippen MR) is 117 cm³/mol. The van der Waals surface area contributed by atoms with Crippen molar-refractivity contribution >= 4 is 34.5 Å². The second kappa shape index (κ2) is 9.10. The van der Waals surface area contributed by atoms with Crippen molar-refractivity contribution in [2.24, 2.45) is 0 Å². The molecule has 6 nitrogen and oxygen atoms in total. The Balaban J connectivity index is 1.88. The van der Waals surface area contributed by atoms with Gasteiger partial charge in [0.1, 0.15) is 18.2 Å². The maximum Gasteiger partial charge on any atom is 0.323 e. The zero-order valence-corrected chi connectivity index (χ0v) is 16.9. The Labute approximate surface area is 175 Å². The van der Waals surface area contributed by atoms with Gasteiger partial charge in [-0.1, -0.05) is 44.2 Å². The van der Waals surface area contributed by atoms with Crippen molar-refractivity contribution in [2.45, 2.75) is 32.7 Å². The highest BCUT2D eigenvalue weighted by molar-refractivity contribution is 6.10. The predicted octanol–water partition coefficient (Wildman–Crippen LogP) is 4.79. The molecule has 0 saturated heterocycles. The third kappa shape index (κ3) is 4.58. The molecule has 2 aromatic carbocycles. The largest absolute Gasteiger partial charge is 0.480 e. The summed E-state index contributed by atoms with van der Waals surface area (Å²) in [6.45, 7) is 4.06. The maximum absolute atomic E-state index is 12.6. The van der Waals surface area contributed by atoms with E-state index in [9.17, 15) is 14.9 Å². The van der Waals surface area contributed by atoms with E-state index in [1.54, 1.807) is 16.8 Å². The lowest BCUT2D eigenvalue weighted by Crippen LogP contribution is -2.13. The molecule has 3 rings (SSSR count). The number of rotatable bonds is 7. The molecule has 0 radical (unpaired) electrons. The van der Waals surface area contributed by atoms with E-state index in [2.05, 4.69) is 19.2 Å². The van der Waals surface area contributed by atoms with Gasteiger partial charge in [-0.25, -0.2) is 0 Å². The Morgan fingerprint density at radius 3 is 2.53 bits per heavy atom. The molecule has 0 aliphatic carbocycles. The molecule has 3 aromatic rings. The van der Waals surface area contributed by atoms with Crippen molar-refractivity contribution in [1.82, 2.24) is 4.57 Å². The number of hydrogen-bond donors (Lipinski definition) is 2. The molecule has 30 heavy (non-hydrogen) atoms. The SMILES string of the molecule is CCC(C)c1ccc(NC(=O)C(C#N)=Cc2cn(CC(=O)O)c3ccccc23)cc1. The highest BCUT2D eigenvalue weighted by Crippen LogP contribution is 2.24. The Hall–Kier alpha value is -3.85. The number of benzene rings is 2. The van der Waals surface area contributed by atoms with Crippen LogP contribution >= 0.6 is 0 Å². The minimum atomic E-state index is -0.967. The van der Waals surface area contributed by atoms with Gasteiger partial charge in [0.25, 0.3) is 5.91 Å². The fourth-order valence-electron chi connectivity index (χ4n) is 3.30. The summed E-state index contributed by atoms with van der Waals surface area (Å²) < 4.78 is 1.59. The van der Waals surface area contributed by atoms with E-state index in [-0.39, 0.29) is 12.1 Å². The van der Waals surface area contributed by atoms with Crippen LogP contribution in [-0.2, 0) is 16.1 Å². The Morgan fingerprint density at radius 2 is 1.90 bits per heavy atom. The van der Waals surface area contributed by atoms with Gasteiger partial charge in [-0.3, -0.25) is 9.59 Å². The van der Waals surface area contributed by atoms with E-state index in [0.29, 0.717) is 17.2 Å². The van der Waals surface area contributed by atoms with Crippen molar-refractivity contribution < 1.29 is 14.7 Å². The molecule has 0 saturated carbocycles. The molecule has 0 spiro atoms. The van der Waals surface area contributed by atoms with Crippen LogP contribution in [0.4, 0.5) is 5.69 Å². The molecule has 1 atom stereocenters. The first-order chi connectivity index (χ1) is 14.4. The van der Waals surface area contributed by atoms with Gasteiger partial charge in [0.15, 0.2) is 0 Å². The van der Waals surface area contributed by atoms with Crippen LogP contribution in [0, 0.1) is 11.3 Å². The average molecular weight is 401 g/mol. The Bertz CT molecular complexity index is 1150. The van der Waals surface area contributed by atoms with Gasteiger partial charge in [-0.2, -0.15) is 5.26 Å². The second-order valence-electron chi connectivity index (χ2n) is 7.18. The van der Waals surface area contributed by atoms with Gasteiger partial charge in [-0.15, -0.1) is 0 Å². The molecule has 1 amide bonds. The van der Waals surface area contributed by atoms with E-state index in [1.165, 1.54) is 11.6 Å². The lowest BCUT2D eigenvalue weighted by atomic mass is 9.98. The molecular formula is C24H23N3O3. The molecule has 6 heteroatoms. The third-order valence-electron chi connectivity index (χ3n) is 5.14. The number of nitriles is 1. The molecule has 0 aliphatic rings. The first-order valence-electron chi connectivity index (χ1n) is 9.75. The molecular weight excluding hydrogens is 378 g/mol. The van der Waals surface area contributed by atoms with E-state index < -0.39 is 11.9 Å². The van der Waals surface area contributed by atoms with Gasteiger partial charge in [-0.05, 0) is 42.2 Å². The first-order valence-corrected chi connectivity index (χ1v) is 9.75. The monoisotopic (exact) mass is 401 g/mol. The van der Waals surface area contributed by atoms with Crippen LogP contribution < -0.4 is 5.32 Å². The Kier molecular flexibility index (Phi) is 6.33. The number of fused-ring (bicyclic) bond motifs is 1. The van der Waals surface area contributed by atoms with Gasteiger partial charge < -0.3 is 15.0 Å². The van der Waals surface area contributed by atoms with Crippen LogP contribution in [0.15, 0.2) is 60.3 Å². The molecule has 1 unspecified atom stereocenters. The summed E-state index contributed by atoms with van der Waals surface area (Å²) >= 11 is 0. The van der Waals surface area contributed by atoms with Crippen molar-refractivity contribution in [1.29, 1.82) is 5.26 Å². The molecule has 0 bridgehead atoms. The number of nitrogens with zero attached hydrogens (tertiary/aromatic N) is 2. The van der Waals surface area contributed by atoms with E-state index in [1.807, 2.05) is 48.5 Å². The van der Waals surface area contributed by atoms with Crippen LogP contribution in [0.3, 0.4) is 0 Å². The molecule has 2 N–H and O–H groups in total. The number of amides is 1. The summed E-state index contributed by atoms with van der Waals surface area (Å²) in [5.41, 5.74) is 3.09. The van der Waals surface area contributed by atoms with Crippen molar-refractivity contribution in [2.75, 3.05) is 5.32 Å². The van der Waals surface area contributed by atoms with Gasteiger partial charge in [0.05, 0.1) is 0 Å². The van der Waals surface area contributed by atoms with E-state index in [0.717, 1.165) is 17.3 Å². The highest BCUT2D eigenvalue weighted by atomic mass is 16.4. The first kappa shape index (κ1) is 20.9. The summed E-state index contributed by atoms with van der Waals surface area (Å²) in [5, 5.41) is 22.2. The van der Waals surface area contributed by atoms with Crippen molar-refractivity contribution in [3.63, 3.8) is 0 Å². The number of aromatic nitrogens is 1. The fraction of sp³-hybridized carbons (Fsp3) is 0.208. The van der Waals surface area contributed by atoms with Crippen LogP contribution in [0.1, 0.15) is 37.3 Å². The summed E-state index contributed by atoms with van der Waals surface area (Å²) in [5.74, 6) is -1.04. The highest BCUT2D eigenvalue weighted by Gasteiger charge is 2.14. The minimum Gasteiger partial charge on any atom is -0.480 e. The van der Waals surface area contributed by atoms with Crippen LogP contribution in [-0.4, -0.2) is 21.6 Å². The molecule has 1 heterocycles. The number of anilines is 1. The topological polar surface area (TPSA) is 95.1 Å². The number of carboxylic acid groups (broad SMARTS) is 1. The van der Waals surface area contributed by atoms with Crippen molar-refractivity contribution in [3.05, 3.63) is 71.4 Å². The van der Waals surface area contributed by atoms with E-state index in [4.69, 9.17) is 5.11 Å². The average Bonchev–Trinajstić information content (AvgIpc) is 3.08. The fourth-order valence-corrected chi connectivity index (χ4v) is 3.30. The van der Waals surface area contributed by atoms with Crippen LogP contribution in [0.5, 0.6) is 0 Å². The van der Waals surface area contributed by atoms with Gasteiger partial charge in [0.2, 0.25) is 0 Å². The number of carbonyl (C=O) groups excluding carboxylic acids is 1. The van der Waals surface area contributed by atoms with Crippen molar-refractivity contribution in [3.8, 4) is 6.07 Å². The normalized spacial score (nSPS) is 12.4. The summed E-state index contributed by atoms with van der Waals surface area (Å²) in [6.07, 6.45) is 4.16. The lowest BCUT2D eigenvalue weighted by molar-refractivity contribution is -0.137. The minimum absolute atomic E-state index is 0.0563. The number of para-hydroxylation sites is 1.